The van der Waals surface area contributed by atoms with E-state index in [0.717, 1.165) is 48.3 Å². The lowest BCUT2D eigenvalue weighted by Crippen LogP contribution is -2.15. The molecule has 32 heavy (non-hydrogen) atoms. The third-order valence-corrected chi connectivity index (χ3v) is 7.22. The third-order valence-electron chi connectivity index (χ3n) is 7.22. The van der Waals surface area contributed by atoms with Crippen molar-refractivity contribution in [3.05, 3.63) is 48.2 Å². The van der Waals surface area contributed by atoms with E-state index < -0.39 is 0 Å². The standard InChI is InChI=1S/C30H45NO/c1-3-5-6-7-8-11-25-13-15-26(16-14-25)12-9-23-32-29-20-18-28(19-21-29)30-22-17-27(10-4-2)24-31-30/h17-22,24-26H,3-16,23H2,1-2H3/t25-,26-. The summed E-state index contributed by atoms with van der Waals surface area (Å²) >= 11 is 0. The van der Waals surface area contributed by atoms with Crippen LogP contribution in [0.1, 0.15) is 103 Å². The highest BCUT2D eigenvalue weighted by atomic mass is 16.5. The summed E-state index contributed by atoms with van der Waals surface area (Å²) in [5.41, 5.74) is 3.50. The van der Waals surface area contributed by atoms with Crippen LogP contribution in [0.3, 0.4) is 0 Å². The van der Waals surface area contributed by atoms with E-state index in [1.165, 1.54) is 82.6 Å². The van der Waals surface area contributed by atoms with Crippen molar-refractivity contribution in [2.75, 3.05) is 6.61 Å². The molecular formula is C30H45NO. The molecule has 2 aromatic rings. The number of hydrogen-bond acceptors (Lipinski definition) is 2. The monoisotopic (exact) mass is 435 g/mol. The topological polar surface area (TPSA) is 22.1 Å². The molecule has 1 fully saturated rings. The van der Waals surface area contributed by atoms with Crippen LogP contribution < -0.4 is 4.74 Å². The van der Waals surface area contributed by atoms with Gasteiger partial charge in [0.25, 0.3) is 0 Å². The van der Waals surface area contributed by atoms with E-state index >= 15 is 0 Å². The van der Waals surface area contributed by atoms with Crippen molar-refractivity contribution >= 4 is 0 Å². The molecule has 1 saturated carbocycles. The minimum atomic E-state index is 0.834. The van der Waals surface area contributed by atoms with Gasteiger partial charge in [0, 0.05) is 11.8 Å². The van der Waals surface area contributed by atoms with Crippen molar-refractivity contribution < 1.29 is 4.74 Å². The van der Waals surface area contributed by atoms with E-state index in [2.05, 4.69) is 55.2 Å². The number of ether oxygens (including phenoxy) is 1. The Morgan fingerprint density at radius 2 is 1.44 bits per heavy atom. The highest BCUT2D eigenvalue weighted by Gasteiger charge is 2.20. The smallest absolute Gasteiger partial charge is 0.119 e. The zero-order chi connectivity index (χ0) is 22.4. The molecule has 1 heterocycles. The molecule has 0 N–H and O–H groups in total. The SMILES string of the molecule is CCCCCCC[C@H]1CC[C@H](CCCOc2ccc(-c3ccc(CCC)cn3)cc2)CC1. The summed E-state index contributed by atoms with van der Waals surface area (Å²) in [5, 5.41) is 0. The lowest BCUT2D eigenvalue weighted by Gasteiger charge is -2.28. The van der Waals surface area contributed by atoms with E-state index in [1.54, 1.807) is 0 Å². The molecule has 1 aromatic heterocycles. The average molecular weight is 436 g/mol. The summed E-state index contributed by atoms with van der Waals surface area (Å²) < 4.78 is 6.02. The molecule has 0 unspecified atom stereocenters. The number of unbranched alkanes of at least 4 members (excludes halogenated alkanes) is 4. The molecule has 0 atom stereocenters. The molecule has 1 aliphatic carbocycles. The first-order chi connectivity index (χ1) is 15.8. The quantitative estimate of drug-likeness (QED) is 0.276. The highest BCUT2D eigenvalue weighted by Crippen LogP contribution is 2.34. The van der Waals surface area contributed by atoms with Crippen LogP contribution in [0.15, 0.2) is 42.6 Å². The van der Waals surface area contributed by atoms with Crippen LogP contribution in [-0.2, 0) is 6.42 Å². The van der Waals surface area contributed by atoms with Gasteiger partial charge in [0.2, 0.25) is 0 Å². The van der Waals surface area contributed by atoms with Crippen molar-refractivity contribution in [1.82, 2.24) is 4.98 Å². The van der Waals surface area contributed by atoms with Crippen molar-refractivity contribution in [2.45, 2.75) is 104 Å². The fourth-order valence-electron chi connectivity index (χ4n) is 5.16. The molecule has 0 saturated heterocycles. The zero-order valence-corrected chi connectivity index (χ0v) is 20.7. The summed E-state index contributed by atoms with van der Waals surface area (Å²) in [6, 6.07) is 12.7. The van der Waals surface area contributed by atoms with Gasteiger partial charge in [0.15, 0.2) is 0 Å². The summed E-state index contributed by atoms with van der Waals surface area (Å²) in [7, 11) is 0. The van der Waals surface area contributed by atoms with Crippen LogP contribution in [0.2, 0.25) is 0 Å². The van der Waals surface area contributed by atoms with Gasteiger partial charge in [-0.15, -0.1) is 0 Å². The second-order valence-corrected chi connectivity index (χ2v) is 9.91. The number of nitrogens with zero attached hydrogens (tertiary/aromatic N) is 1. The maximum absolute atomic E-state index is 6.02. The minimum Gasteiger partial charge on any atom is -0.494 e. The Balaban J connectivity index is 1.28. The van der Waals surface area contributed by atoms with E-state index in [4.69, 9.17) is 4.74 Å². The van der Waals surface area contributed by atoms with Crippen molar-refractivity contribution in [1.29, 1.82) is 0 Å². The van der Waals surface area contributed by atoms with Crippen LogP contribution in [0.5, 0.6) is 5.75 Å². The molecule has 176 valence electrons. The molecule has 1 aromatic carbocycles. The van der Waals surface area contributed by atoms with Gasteiger partial charge in [0.1, 0.15) is 5.75 Å². The average Bonchev–Trinajstić information content (AvgIpc) is 2.84. The van der Waals surface area contributed by atoms with Crippen molar-refractivity contribution in [3.63, 3.8) is 0 Å². The molecule has 1 aliphatic rings. The first kappa shape index (κ1) is 24.8. The van der Waals surface area contributed by atoms with Gasteiger partial charge >= 0.3 is 0 Å². The van der Waals surface area contributed by atoms with Gasteiger partial charge in [-0.05, 0) is 67.0 Å². The Hall–Kier alpha value is -1.83. The number of aromatic nitrogens is 1. The lowest BCUT2D eigenvalue weighted by atomic mass is 9.78. The molecule has 2 nitrogen and oxygen atoms in total. The van der Waals surface area contributed by atoms with E-state index in [-0.39, 0.29) is 0 Å². The summed E-state index contributed by atoms with van der Waals surface area (Å²) in [4.78, 5) is 4.62. The summed E-state index contributed by atoms with van der Waals surface area (Å²) in [6.07, 6.45) is 21.2. The minimum absolute atomic E-state index is 0.834. The Bertz CT molecular complexity index is 728. The molecule has 3 rings (SSSR count). The Labute approximate surface area is 197 Å². The van der Waals surface area contributed by atoms with E-state index in [0.29, 0.717) is 0 Å². The molecule has 0 amide bonds. The third kappa shape index (κ3) is 8.60. The van der Waals surface area contributed by atoms with Crippen LogP contribution in [-0.4, -0.2) is 11.6 Å². The highest BCUT2D eigenvalue weighted by molar-refractivity contribution is 5.60. The summed E-state index contributed by atoms with van der Waals surface area (Å²) in [5.74, 6) is 2.92. The molecule has 2 heteroatoms. The fourth-order valence-corrected chi connectivity index (χ4v) is 5.16. The number of rotatable bonds is 14. The second-order valence-electron chi connectivity index (χ2n) is 9.91. The first-order valence-electron chi connectivity index (χ1n) is 13.5. The van der Waals surface area contributed by atoms with Crippen molar-refractivity contribution in [3.8, 4) is 17.0 Å². The predicted octanol–water partition coefficient (Wildman–Crippen LogP) is 9.03. The fraction of sp³-hybridized carbons (Fsp3) is 0.633. The lowest BCUT2D eigenvalue weighted by molar-refractivity contribution is 0.228. The van der Waals surface area contributed by atoms with Gasteiger partial charge in [-0.1, -0.05) is 90.5 Å². The van der Waals surface area contributed by atoms with Crippen molar-refractivity contribution in [2.24, 2.45) is 11.8 Å². The zero-order valence-electron chi connectivity index (χ0n) is 20.7. The Morgan fingerprint density at radius 1 is 0.750 bits per heavy atom. The molecular weight excluding hydrogens is 390 g/mol. The van der Waals surface area contributed by atoms with Gasteiger partial charge in [-0.25, -0.2) is 0 Å². The largest absolute Gasteiger partial charge is 0.494 e. The molecule has 0 aliphatic heterocycles. The molecule has 0 bridgehead atoms. The van der Waals surface area contributed by atoms with E-state index in [9.17, 15) is 0 Å². The van der Waals surface area contributed by atoms with Gasteiger partial charge in [0.05, 0.1) is 12.3 Å². The van der Waals surface area contributed by atoms with Gasteiger partial charge < -0.3 is 4.74 Å². The Morgan fingerprint density at radius 3 is 2.06 bits per heavy atom. The first-order valence-corrected chi connectivity index (χ1v) is 13.5. The number of benzene rings is 1. The predicted molar refractivity (Wildman–Crippen MR) is 137 cm³/mol. The van der Waals surface area contributed by atoms with Gasteiger partial charge in [-0.3, -0.25) is 4.98 Å². The molecule has 0 spiro atoms. The summed E-state index contributed by atoms with van der Waals surface area (Å²) in [6.45, 7) is 5.34. The van der Waals surface area contributed by atoms with Crippen LogP contribution >= 0.6 is 0 Å². The number of pyridine rings is 1. The number of aryl methyl sites for hydroxylation is 1. The Kier molecular flexibility index (Phi) is 11.1. The second kappa shape index (κ2) is 14.3. The number of hydrogen-bond donors (Lipinski definition) is 0. The van der Waals surface area contributed by atoms with Crippen LogP contribution in [0, 0.1) is 11.8 Å². The van der Waals surface area contributed by atoms with Gasteiger partial charge in [-0.2, -0.15) is 0 Å². The van der Waals surface area contributed by atoms with Crippen LogP contribution in [0.4, 0.5) is 0 Å². The maximum atomic E-state index is 6.02. The maximum Gasteiger partial charge on any atom is 0.119 e. The van der Waals surface area contributed by atoms with Crippen LogP contribution in [0.25, 0.3) is 11.3 Å². The van der Waals surface area contributed by atoms with E-state index in [1.807, 2.05) is 6.20 Å². The molecule has 0 radical (unpaired) electrons. The normalized spacial score (nSPS) is 18.6.